The van der Waals surface area contributed by atoms with Crippen LogP contribution in [0.4, 0.5) is 0 Å². The summed E-state index contributed by atoms with van der Waals surface area (Å²) in [6.45, 7) is 1.97. The predicted molar refractivity (Wildman–Crippen MR) is 82.0 cm³/mol. The predicted octanol–water partition coefficient (Wildman–Crippen LogP) is -0.0781. The summed E-state index contributed by atoms with van der Waals surface area (Å²) >= 11 is 0. The third kappa shape index (κ3) is 3.98. The summed E-state index contributed by atoms with van der Waals surface area (Å²) in [5, 5.41) is 0. The lowest BCUT2D eigenvalue weighted by Crippen LogP contribution is -2.58. The zero-order chi connectivity index (χ0) is 16.4. The highest BCUT2D eigenvalue weighted by Crippen LogP contribution is 2.41. The average Bonchev–Trinajstić information content (AvgIpc) is 2.45. The van der Waals surface area contributed by atoms with Crippen LogP contribution in [0.3, 0.4) is 0 Å². The molecule has 2 atom stereocenters. The van der Waals surface area contributed by atoms with Crippen LogP contribution in [0, 0.1) is 5.41 Å². The van der Waals surface area contributed by atoms with Gasteiger partial charge in [0.25, 0.3) is 0 Å². The number of nitrogens with zero attached hydrogens (tertiary/aromatic N) is 2. The Morgan fingerprint density at radius 1 is 1.45 bits per heavy atom. The molecule has 0 radical (unpaired) electrons. The van der Waals surface area contributed by atoms with Gasteiger partial charge in [-0.3, -0.25) is 4.79 Å². The van der Waals surface area contributed by atoms with Crippen molar-refractivity contribution in [1.82, 2.24) is 9.21 Å². The second kappa shape index (κ2) is 6.82. The van der Waals surface area contributed by atoms with Crippen LogP contribution in [0.25, 0.3) is 0 Å². The molecule has 2 fully saturated rings. The number of likely N-dealkylation sites (N-methyl/N-ethyl adjacent to an activating group) is 1. The number of amides is 1. The van der Waals surface area contributed by atoms with Crippen LogP contribution in [0.1, 0.15) is 19.3 Å². The second-order valence-electron chi connectivity index (χ2n) is 6.49. The van der Waals surface area contributed by atoms with Crippen molar-refractivity contribution < 1.29 is 22.7 Å². The topological polar surface area (TPSA) is 76.2 Å². The molecule has 0 aromatic carbocycles. The van der Waals surface area contributed by atoms with Gasteiger partial charge in [-0.15, -0.1) is 0 Å². The lowest BCUT2D eigenvalue weighted by Gasteiger charge is -2.49. The number of carbonyl (C=O) groups is 1. The van der Waals surface area contributed by atoms with Crippen LogP contribution in [-0.2, 0) is 24.3 Å². The molecule has 128 valence electrons. The van der Waals surface area contributed by atoms with Crippen molar-refractivity contribution in [3.05, 3.63) is 0 Å². The first-order valence-corrected chi connectivity index (χ1v) is 9.44. The smallest absolute Gasteiger partial charge is 0.248 e. The summed E-state index contributed by atoms with van der Waals surface area (Å²) in [7, 11) is 0.144. The first-order valence-electron chi connectivity index (χ1n) is 7.59. The molecule has 8 heteroatoms. The largest absolute Gasteiger partial charge is 0.377 e. The molecule has 0 saturated carbocycles. The molecule has 7 nitrogen and oxygen atoms in total. The summed E-state index contributed by atoms with van der Waals surface area (Å²) in [5.74, 6) is -0.0968. The highest BCUT2D eigenvalue weighted by Gasteiger charge is 2.48. The van der Waals surface area contributed by atoms with Crippen LogP contribution < -0.4 is 0 Å². The molecular weight excluding hydrogens is 308 g/mol. The van der Waals surface area contributed by atoms with Gasteiger partial charge < -0.3 is 14.4 Å². The van der Waals surface area contributed by atoms with Crippen molar-refractivity contribution >= 4 is 15.9 Å². The van der Waals surface area contributed by atoms with Crippen LogP contribution in [0.5, 0.6) is 0 Å². The fraction of sp³-hybridized carbons (Fsp3) is 0.929. The Morgan fingerprint density at radius 3 is 2.82 bits per heavy atom. The van der Waals surface area contributed by atoms with Gasteiger partial charge >= 0.3 is 0 Å². The van der Waals surface area contributed by atoms with Crippen LogP contribution in [0.2, 0.25) is 0 Å². The summed E-state index contributed by atoms with van der Waals surface area (Å²) in [6.07, 6.45) is 3.67. The summed E-state index contributed by atoms with van der Waals surface area (Å²) in [6, 6.07) is 0. The monoisotopic (exact) mass is 334 g/mol. The summed E-state index contributed by atoms with van der Waals surface area (Å²) < 4.78 is 36.7. The van der Waals surface area contributed by atoms with Crippen molar-refractivity contribution in [2.75, 3.05) is 53.3 Å². The molecule has 2 heterocycles. The first-order chi connectivity index (χ1) is 10.2. The summed E-state index contributed by atoms with van der Waals surface area (Å²) in [4.78, 5) is 13.1. The number of rotatable bonds is 5. The van der Waals surface area contributed by atoms with Crippen molar-refractivity contribution in [1.29, 1.82) is 0 Å². The van der Waals surface area contributed by atoms with Crippen LogP contribution in [-0.4, -0.2) is 82.9 Å². The molecule has 0 aromatic heterocycles. The van der Waals surface area contributed by atoms with E-state index >= 15 is 0 Å². The number of fused-ring (bicyclic) bond motifs is 1. The molecule has 0 unspecified atom stereocenters. The van der Waals surface area contributed by atoms with E-state index in [1.165, 1.54) is 15.5 Å². The highest BCUT2D eigenvalue weighted by atomic mass is 32.2. The van der Waals surface area contributed by atoms with E-state index in [2.05, 4.69) is 0 Å². The summed E-state index contributed by atoms with van der Waals surface area (Å²) in [5.41, 5.74) is -0.341. The number of sulfonamides is 1. The van der Waals surface area contributed by atoms with Gasteiger partial charge in [-0.05, 0) is 19.3 Å². The van der Waals surface area contributed by atoms with E-state index < -0.39 is 10.0 Å². The van der Waals surface area contributed by atoms with Gasteiger partial charge in [0.1, 0.15) is 6.61 Å². The molecule has 2 saturated heterocycles. The molecular formula is C14H26N2O5S. The third-order valence-electron chi connectivity index (χ3n) is 4.54. The standard InChI is InChI=1S/C14H26N2O5S/c1-15(2)13(17)9-20-11-14-6-4-8-21-12(14)5-7-16(10-14)22(3,18)19/h12H,4-11H2,1-3H3/t12-,14+/m0/s1. The number of piperidine rings is 1. The van der Waals surface area contributed by atoms with Gasteiger partial charge in [-0.1, -0.05) is 0 Å². The Labute approximate surface area is 132 Å². The molecule has 2 aliphatic rings. The van der Waals surface area contributed by atoms with Crippen LogP contribution >= 0.6 is 0 Å². The van der Waals surface area contributed by atoms with Gasteiger partial charge in [-0.2, -0.15) is 0 Å². The second-order valence-corrected chi connectivity index (χ2v) is 8.47. The minimum absolute atomic E-state index is 0.00806. The zero-order valence-electron chi connectivity index (χ0n) is 13.6. The Balaban J connectivity index is 2.05. The van der Waals surface area contributed by atoms with Crippen LogP contribution in [0.15, 0.2) is 0 Å². The minimum Gasteiger partial charge on any atom is -0.377 e. The number of ether oxygens (including phenoxy) is 2. The molecule has 1 amide bonds. The maximum atomic E-state index is 11.9. The Hall–Kier alpha value is -0.700. The molecule has 0 N–H and O–H groups in total. The maximum absolute atomic E-state index is 11.9. The van der Waals surface area contributed by atoms with Crippen molar-refractivity contribution in [3.63, 3.8) is 0 Å². The Bertz CT molecular complexity index is 507. The SMILES string of the molecule is CN(C)C(=O)COC[C@]12CCCO[C@H]1CCN(S(C)(=O)=O)C2. The van der Waals surface area contributed by atoms with E-state index in [-0.39, 0.29) is 24.0 Å². The van der Waals surface area contributed by atoms with Gasteiger partial charge in [0.2, 0.25) is 15.9 Å². The molecule has 0 aromatic rings. The minimum atomic E-state index is -3.22. The lowest BCUT2D eigenvalue weighted by atomic mass is 9.73. The van der Waals surface area contributed by atoms with Crippen molar-refractivity contribution in [2.45, 2.75) is 25.4 Å². The molecule has 0 bridgehead atoms. The molecule has 2 aliphatic heterocycles. The van der Waals surface area contributed by atoms with E-state index in [1.807, 2.05) is 0 Å². The number of carbonyl (C=O) groups excluding carboxylic acids is 1. The third-order valence-corrected chi connectivity index (χ3v) is 5.79. The molecule has 0 spiro atoms. The van der Waals surface area contributed by atoms with Gasteiger partial charge in [-0.25, -0.2) is 12.7 Å². The highest BCUT2D eigenvalue weighted by molar-refractivity contribution is 7.88. The van der Waals surface area contributed by atoms with E-state index in [4.69, 9.17) is 9.47 Å². The quantitative estimate of drug-likeness (QED) is 0.703. The molecule has 0 aliphatic carbocycles. The van der Waals surface area contributed by atoms with E-state index in [1.54, 1.807) is 14.1 Å². The average molecular weight is 334 g/mol. The normalized spacial score (nSPS) is 29.9. The van der Waals surface area contributed by atoms with Gasteiger partial charge in [0.15, 0.2) is 0 Å². The lowest BCUT2D eigenvalue weighted by molar-refractivity contribution is -0.152. The van der Waals surface area contributed by atoms with E-state index in [9.17, 15) is 13.2 Å². The van der Waals surface area contributed by atoms with Gasteiger partial charge in [0, 0.05) is 39.2 Å². The van der Waals surface area contributed by atoms with E-state index in [0.29, 0.717) is 32.7 Å². The van der Waals surface area contributed by atoms with E-state index in [0.717, 1.165) is 12.8 Å². The fourth-order valence-corrected chi connectivity index (χ4v) is 4.14. The van der Waals surface area contributed by atoms with Crippen molar-refractivity contribution in [3.8, 4) is 0 Å². The molecule has 22 heavy (non-hydrogen) atoms. The van der Waals surface area contributed by atoms with Gasteiger partial charge in [0.05, 0.1) is 19.0 Å². The maximum Gasteiger partial charge on any atom is 0.248 e. The first kappa shape index (κ1) is 17.7. The van der Waals surface area contributed by atoms with Crippen molar-refractivity contribution in [2.24, 2.45) is 5.41 Å². The Morgan fingerprint density at radius 2 is 2.18 bits per heavy atom. The molecule has 2 rings (SSSR count). The fourth-order valence-electron chi connectivity index (χ4n) is 3.21. The number of hydrogen-bond donors (Lipinski definition) is 0. The zero-order valence-corrected chi connectivity index (χ0v) is 14.4. The Kier molecular flexibility index (Phi) is 5.47. The number of hydrogen-bond acceptors (Lipinski definition) is 5.